The number of piperidine rings is 1. The first-order chi connectivity index (χ1) is 16.8. The van der Waals surface area contributed by atoms with Gasteiger partial charge in [0, 0.05) is 48.7 Å². The Morgan fingerprint density at radius 2 is 1.63 bits per heavy atom. The molecule has 0 unspecified atom stereocenters. The molecule has 2 aliphatic heterocycles. The molecule has 0 saturated carbocycles. The van der Waals surface area contributed by atoms with E-state index < -0.39 is 10.0 Å². The zero-order chi connectivity index (χ0) is 25.0. The molecule has 2 amide bonds. The predicted octanol–water partition coefficient (Wildman–Crippen LogP) is 4.01. The number of anilines is 1. The fourth-order valence-electron chi connectivity index (χ4n) is 4.57. The van der Waals surface area contributed by atoms with E-state index in [-0.39, 0.29) is 40.8 Å². The Hall–Kier alpha value is -2.56. The van der Waals surface area contributed by atoms with Crippen LogP contribution in [0.25, 0.3) is 0 Å². The Morgan fingerprint density at radius 1 is 0.943 bits per heavy atom. The van der Waals surface area contributed by atoms with E-state index >= 15 is 0 Å². The summed E-state index contributed by atoms with van der Waals surface area (Å²) in [4.78, 5) is 39.0. The molecule has 3 heterocycles. The minimum absolute atomic E-state index is 0.0792. The number of hydrogen-bond acceptors (Lipinski definition) is 6. The van der Waals surface area contributed by atoms with Crippen molar-refractivity contribution in [1.82, 2.24) is 9.21 Å². The standard InChI is InChI=1S/C25H31N3O5S2/c1-18(29)20-7-6-8-22(15-20)26-24(30)19-9-13-28(14-10-19)35(32,33)23-16-21(17-34-23)25(31)27-11-4-2-3-5-12-27/h6-8,15-17,19H,2-5,9-14H2,1H3,(H,26,30). The number of carbonyl (C=O) groups is 3. The smallest absolute Gasteiger partial charge is 0.254 e. The van der Waals surface area contributed by atoms with Gasteiger partial charge in [-0.25, -0.2) is 8.42 Å². The van der Waals surface area contributed by atoms with Gasteiger partial charge in [0.15, 0.2) is 5.78 Å². The Kier molecular flexibility index (Phi) is 8.03. The van der Waals surface area contributed by atoms with Crippen LogP contribution >= 0.6 is 11.3 Å². The molecule has 2 aliphatic rings. The van der Waals surface area contributed by atoms with Crippen molar-refractivity contribution in [1.29, 1.82) is 0 Å². The lowest BCUT2D eigenvalue weighted by atomic mass is 9.97. The molecule has 10 heteroatoms. The summed E-state index contributed by atoms with van der Waals surface area (Å²) in [5.74, 6) is -0.673. The zero-order valence-electron chi connectivity index (χ0n) is 19.9. The number of amides is 2. The molecule has 35 heavy (non-hydrogen) atoms. The first kappa shape index (κ1) is 25.5. The SMILES string of the molecule is CC(=O)c1cccc(NC(=O)C2CCN(S(=O)(=O)c3cc(C(=O)N4CCCCCC4)cs3)CC2)c1. The maximum absolute atomic E-state index is 13.2. The van der Waals surface area contributed by atoms with Crippen molar-refractivity contribution < 1.29 is 22.8 Å². The quantitative estimate of drug-likeness (QED) is 0.583. The lowest BCUT2D eigenvalue weighted by Gasteiger charge is -2.30. The zero-order valence-corrected chi connectivity index (χ0v) is 21.5. The topological polar surface area (TPSA) is 104 Å². The lowest BCUT2D eigenvalue weighted by Crippen LogP contribution is -2.41. The highest BCUT2D eigenvalue weighted by atomic mass is 32.2. The Bertz CT molecular complexity index is 1190. The van der Waals surface area contributed by atoms with Gasteiger partial charge in [-0.3, -0.25) is 14.4 Å². The minimum atomic E-state index is -3.72. The Morgan fingerprint density at radius 3 is 2.29 bits per heavy atom. The number of benzene rings is 1. The van der Waals surface area contributed by atoms with Crippen LogP contribution in [0.1, 0.15) is 66.2 Å². The molecule has 8 nitrogen and oxygen atoms in total. The third-order valence-electron chi connectivity index (χ3n) is 6.67. The van der Waals surface area contributed by atoms with Gasteiger partial charge in [-0.15, -0.1) is 11.3 Å². The van der Waals surface area contributed by atoms with Crippen molar-refractivity contribution >= 4 is 44.6 Å². The Labute approximate surface area is 210 Å². The first-order valence-electron chi connectivity index (χ1n) is 12.1. The molecule has 0 bridgehead atoms. The molecule has 0 radical (unpaired) electrons. The van der Waals surface area contributed by atoms with Crippen LogP contribution in [-0.2, 0) is 14.8 Å². The summed E-state index contributed by atoms with van der Waals surface area (Å²) in [6.45, 7) is 3.37. The van der Waals surface area contributed by atoms with Crippen molar-refractivity contribution in [3.63, 3.8) is 0 Å². The van der Waals surface area contributed by atoms with E-state index in [1.54, 1.807) is 29.6 Å². The maximum atomic E-state index is 13.2. The van der Waals surface area contributed by atoms with Crippen molar-refractivity contribution in [2.45, 2.75) is 49.7 Å². The van der Waals surface area contributed by atoms with Gasteiger partial charge in [0.25, 0.3) is 15.9 Å². The van der Waals surface area contributed by atoms with E-state index in [0.29, 0.717) is 42.7 Å². The lowest BCUT2D eigenvalue weighted by molar-refractivity contribution is -0.120. The number of rotatable bonds is 6. The number of Topliss-reactive ketones (excluding diaryl/α,β-unsaturated/α-hetero) is 1. The van der Waals surface area contributed by atoms with Gasteiger partial charge < -0.3 is 10.2 Å². The number of carbonyl (C=O) groups excluding carboxylic acids is 3. The molecule has 0 aliphatic carbocycles. The largest absolute Gasteiger partial charge is 0.339 e. The molecular weight excluding hydrogens is 486 g/mol. The van der Waals surface area contributed by atoms with Crippen molar-refractivity contribution in [3.8, 4) is 0 Å². The molecule has 188 valence electrons. The summed E-state index contributed by atoms with van der Waals surface area (Å²) >= 11 is 1.08. The number of nitrogens with zero attached hydrogens (tertiary/aromatic N) is 2. The molecule has 1 aromatic carbocycles. The van der Waals surface area contributed by atoms with Crippen molar-refractivity contribution in [2.75, 3.05) is 31.5 Å². The molecule has 2 fully saturated rings. The van der Waals surface area contributed by atoms with Gasteiger partial charge in [-0.05, 0) is 50.8 Å². The van der Waals surface area contributed by atoms with Crippen LogP contribution in [-0.4, -0.2) is 61.4 Å². The van der Waals surface area contributed by atoms with Gasteiger partial charge >= 0.3 is 0 Å². The molecule has 0 spiro atoms. The fraction of sp³-hybridized carbons (Fsp3) is 0.480. The van der Waals surface area contributed by atoms with Crippen molar-refractivity contribution in [3.05, 3.63) is 46.8 Å². The number of nitrogens with one attached hydrogen (secondary N) is 1. The predicted molar refractivity (Wildman–Crippen MR) is 135 cm³/mol. The van der Waals surface area contributed by atoms with Crippen molar-refractivity contribution in [2.24, 2.45) is 5.92 Å². The molecule has 1 N–H and O–H groups in total. The summed E-state index contributed by atoms with van der Waals surface area (Å²) in [6, 6.07) is 8.27. The summed E-state index contributed by atoms with van der Waals surface area (Å²) in [7, 11) is -3.72. The van der Waals surface area contributed by atoms with E-state index in [9.17, 15) is 22.8 Å². The van der Waals surface area contributed by atoms with Gasteiger partial charge in [0.2, 0.25) is 5.91 Å². The number of sulfonamides is 1. The highest BCUT2D eigenvalue weighted by Gasteiger charge is 2.33. The molecule has 0 atom stereocenters. The molecule has 4 rings (SSSR count). The minimum Gasteiger partial charge on any atom is -0.339 e. The third kappa shape index (κ3) is 5.99. The van der Waals surface area contributed by atoms with Crippen LogP contribution in [0.15, 0.2) is 39.9 Å². The number of thiophene rings is 1. The van der Waals surface area contributed by atoms with Crippen LogP contribution in [0.3, 0.4) is 0 Å². The Balaban J connectivity index is 1.35. The summed E-state index contributed by atoms with van der Waals surface area (Å²) < 4.78 is 28.0. The molecular formula is C25H31N3O5S2. The highest BCUT2D eigenvalue weighted by Crippen LogP contribution is 2.29. The third-order valence-corrected chi connectivity index (χ3v) is 9.98. The van der Waals surface area contributed by atoms with E-state index in [0.717, 1.165) is 37.0 Å². The van der Waals surface area contributed by atoms with E-state index in [1.807, 2.05) is 4.90 Å². The van der Waals surface area contributed by atoms with Crippen LogP contribution in [0.5, 0.6) is 0 Å². The second-order valence-electron chi connectivity index (χ2n) is 9.17. The summed E-state index contributed by atoms with van der Waals surface area (Å²) in [5, 5.41) is 4.48. The summed E-state index contributed by atoms with van der Waals surface area (Å²) in [6.07, 6.45) is 5.00. The van der Waals surface area contributed by atoms with E-state index in [2.05, 4.69) is 5.32 Å². The maximum Gasteiger partial charge on any atom is 0.254 e. The second kappa shape index (κ2) is 11.0. The van der Waals surface area contributed by atoms with Crippen LogP contribution in [0.2, 0.25) is 0 Å². The van der Waals surface area contributed by atoms with Crippen LogP contribution < -0.4 is 5.32 Å². The van der Waals surface area contributed by atoms with Gasteiger partial charge in [-0.1, -0.05) is 25.0 Å². The highest BCUT2D eigenvalue weighted by molar-refractivity contribution is 7.91. The molecule has 1 aromatic heterocycles. The second-order valence-corrected chi connectivity index (χ2v) is 12.2. The van der Waals surface area contributed by atoms with Crippen LogP contribution in [0, 0.1) is 5.92 Å². The van der Waals surface area contributed by atoms with Crippen LogP contribution in [0.4, 0.5) is 5.69 Å². The van der Waals surface area contributed by atoms with Gasteiger partial charge in [0.1, 0.15) is 4.21 Å². The number of hydrogen-bond donors (Lipinski definition) is 1. The average molecular weight is 518 g/mol. The van der Waals surface area contributed by atoms with Gasteiger partial charge in [-0.2, -0.15) is 4.31 Å². The van der Waals surface area contributed by atoms with Gasteiger partial charge in [0.05, 0.1) is 5.56 Å². The first-order valence-corrected chi connectivity index (χ1v) is 14.4. The summed E-state index contributed by atoms with van der Waals surface area (Å²) in [5.41, 5.74) is 1.50. The average Bonchev–Trinajstić information content (AvgIpc) is 3.21. The number of likely N-dealkylation sites (tertiary alicyclic amines) is 1. The van der Waals surface area contributed by atoms with E-state index in [1.165, 1.54) is 17.3 Å². The molecule has 2 saturated heterocycles. The number of ketones is 1. The fourth-order valence-corrected chi connectivity index (χ4v) is 7.34. The normalized spacial score (nSPS) is 18.1. The van der Waals surface area contributed by atoms with E-state index in [4.69, 9.17) is 0 Å². The molecule has 2 aromatic rings. The monoisotopic (exact) mass is 517 g/mol.